The second-order valence-electron chi connectivity index (χ2n) is 5.97. The summed E-state index contributed by atoms with van der Waals surface area (Å²) in [5.74, 6) is 0.399. The number of aryl methyl sites for hydroxylation is 1. The van der Waals surface area contributed by atoms with E-state index in [0.717, 1.165) is 18.4 Å². The van der Waals surface area contributed by atoms with E-state index in [1.807, 2.05) is 33.8 Å². The number of carbonyl (C=O) groups is 1. The summed E-state index contributed by atoms with van der Waals surface area (Å²) in [7, 11) is 1.62. The van der Waals surface area contributed by atoms with Gasteiger partial charge in [0, 0.05) is 19.3 Å². The number of hydrogen-bond donors (Lipinski definition) is 1. The Bertz CT molecular complexity index is 522. The van der Waals surface area contributed by atoms with E-state index in [1.54, 1.807) is 13.3 Å². The third-order valence-electron chi connectivity index (χ3n) is 3.65. The predicted molar refractivity (Wildman–Crippen MR) is 94.5 cm³/mol. The molecule has 0 spiro atoms. The number of ether oxygens (including phenoxy) is 3. The summed E-state index contributed by atoms with van der Waals surface area (Å²) in [6.07, 6.45) is 4.01. The Hall–Kier alpha value is -1.66. The molecule has 1 aromatic rings. The normalized spacial score (nSPS) is 13.4. The lowest BCUT2D eigenvalue weighted by Gasteiger charge is -2.28. The summed E-state index contributed by atoms with van der Waals surface area (Å²) < 4.78 is 16.3. The molecule has 24 heavy (non-hydrogen) atoms. The second-order valence-corrected chi connectivity index (χ2v) is 5.97. The van der Waals surface area contributed by atoms with E-state index in [2.05, 4.69) is 10.3 Å². The third kappa shape index (κ3) is 6.09. The topological polar surface area (TPSA) is 69.7 Å². The molecule has 1 amide bonds. The van der Waals surface area contributed by atoms with Crippen molar-refractivity contribution in [2.75, 3.05) is 32.2 Å². The molecule has 0 saturated heterocycles. The highest BCUT2D eigenvalue weighted by Crippen LogP contribution is 2.23. The van der Waals surface area contributed by atoms with Crippen LogP contribution in [0.15, 0.2) is 12.3 Å². The minimum atomic E-state index is -0.827. The maximum Gasteiger partial charge on any atom is 0.256 e. The average molecular weight is 338 g/mol. The van der Waals surface area contributed by atoms with Crippen molar-refractivity contribution in [3.8, 4) is 5.88 Å². The molecule has 1 N–H and O–H groups in total. The highest BCUT2D eigenvalue weighted by Gasteiger charge is 2.33. The summed E-state index contributed by atoms with van der Waals surface area (Å²) in [6, 6.07) is 1.85. The fourth-order valence-corrected chi connectivity index (χ4v) is 2.32. The van der Waals surface area contributed by atoms with Gasteiger partial charge in [0.1, 0.15) is 12.2 Å². The summed E-state index contributed by atoms with van der Waals surface area (Å²) >= 11 is 0. The molecule has 0 aliphatic carbocycles. The first kappa shape index (κ1) is 20.4. The van der Waals surface area contributed by atoms with Crippen LogP contribution in [-0.2, 0) is 14.3 Å². The zero-order valence-corrected chi connectivity index (χ0v) is 15.5. The number of anilines is 1. The van der Waals surface area contributed by atoms with Gasteiger partial charge in [-0.1, -0.05) is 20.3 Å². The van der Waals surface area contributed by atoms with Crippen molar-refractivity contribution in [1.29, 1.82) is 0 Å². The van der Waals surface area contributed by atoms with Crippen LogP contribution in [0.3, 0.4) is 0 Å². The van der Waals surface area contributed by atoms with Gasteiger partial charge in [-0.3, -0.25) is 4.79 Å². The highest BCUT2D eigenvalue weighted by atomic mass is 16.5. The SMILES string of the molecule is CCCO[C@@](C)(CCC)C(=O)Nc1cnc(OCCOC)c(C)c1. The van der Waals surface area contributed by atoms with Gasteiger partial charge in [-0.05, 0) is 32.8 Å². The van der Waals surface area contributed by atoms with Gasteiger partial charge < -0.3 is 19.5 Å². The Morgan fingerprint density at radius 1 is 1.25 bits per heavy atom. The van der Waals surface area contributed by atoms with Crippen molar-refractivity contribution in [1.82, 2.24) is 4.98 Å². The third-order valence-corrected chi connectivity index (χ3v) is 3.65. The van der Waals surface area contributed by atoms with Crippen molar-refractivity contribution >= 4 is 11.6 Å². The summed E-state index contributed by atoms with van der Waals surface area (Å²) in [4.78, 5) is 16.9. The van der Waals surface area contributed by atoms with E-state index in [-0.39, 0.29) is 5.91 Å². The molecule has 1 heterocycles. The van der Waals surface area contributed by atoms with Gasteiger partial charge in [0.15, 0.2) is 0 Å². The van der Waals surface area contributed by atoms with Gasteiger partial charge in [-0.2, -0.15) is 0 Å². The van der Waals surface area contributed by atoms with E-state index < -0.39 is 5.60 Å². The van der Waals surface area contributed by atoms with E-state index in [9.17, 15) is 4.79 Å². The Labute approximate surface area is 144 Å². The molecule has 0 aromatic carbocycles. The number of nitrogens with zero attached hydrogens (tertiary/aromatic N) is 1. The summed E-state index contributed by atoms with van der Waals surface area (Å²) in [5, 5.41) is 2.90. The van der Waals surface area contributed by atoms with E-state index >= 15 is 0 Å². The lowest BCUT2D eigenvalue weighted by molar-refractivity contribution is -0.140. The standard InChI is InChI=1S/C18H30N2O4/c1-6-8-18(4,24-9-7-2)17(21)20-15-12-14(3)16(19-13-15)23-11-10-22-5/h12-13H,6-11H2,1-5H3,(H,20,21)/t18-/m0/s1. The quantitative estimate of drug-likeness (QED) is 0.627. The molecule has 6 nitrogen and oxygen atoms in total. The molecule has 0 aliphatic rings. The minimum Gasteiger partial charge on any atom is -0.475 e. The van der Waals surface area contributed by atoms with Crippen molar-refractivity contribution < 1.29 is 19.0 Å². The van der Waals surface area contributed by atoms with Crippen LogP contribution in [0.2, 0.25) is 0 Å². The lowest BCUT2D eigenvalue weighted by atomic mass is 9.99. The number of carbonyl (C=O) groups excluding carboxylic acids is 1. The molecular formula is C18H30N2O4. The van der Waals surface area contributed by atoms with Crippen molar-refractivity contribution in [2.45, 2.75) is 52.6 Å². The van der Waals surface area contributed by atoms with Gasteiger partial charge in [0.05, 0.1) is 18.5 Å². The Morgan fingerprint density at radius 3 is 2.58 bits per heavy atom. The minimum absolute atomic E-state index is 0.146. The zero-order chi connectivity index (χ0) is 18.0. The molecular weight excluding hydrogens is 308 g/mol. The maximum atomic E-state index is 12.6. The van der Waals surface area contributed by atoms with Crippen LogP contribution in [0.25, 0.3) is 0 Å². The first-order chi connectivity index (χ1) is 11.5. The molecule has 0 radical (unpaired) electrons. The van der Waals surface area contributed by atoms with Gasteiger partial charge in [0.25, 0.3) is 5.91 Å². The number of aromatic nitrogens is 1. The molecule has 0 bridgehead atoms. The van der Waals surface area contributed by atoms with Crippen molar-refractivity contribution in [2.24, 2.45) is 0 Å². The van der Waals surface area contributed by atoms with Crippen LogP contribution in [0.4, 0.5) is 5.69 Å². The van der Waals surface area contributed by atoms with Gasteiger partial charge >= 0.3 is 0 Å². The van der Waals surface area contributed by atoms with Crippen molar-refractivity contribution in [3.63, 3.8) is 0 Å². The Morgan fingerprint density at radius 2 is 2.00 bits per heavy atom. The molecule has 0 saturated carbocycles. The van der Waals surface area contributed by atoms with Crippen LogP contribution in [0.1, 0.15) is 45.6 Å². The second kappa shape index (κ2) is 10.3. The monoisotopic (exact) mass is 338 g/mol. The van der Waals surface area contributed by atoms with Crippen molar-refractivity contribution in [3.05, 3.63) is 17.8 Å². The number of hydrogen-bond acceptors (Lipinski definition) is 5. The largest absolute Gasteiger partial charge is 0.475 e. The number of nitrogens with one attached hydrogen (secondary N) is 1. The van der Waals surface area contributed by atoms with Crippen LogP contribution < -0.4 is 10.1 Å². The number of rotatable bonds is 11. The number of amides is 1. The molecule has 1 aromatic heterocycles. The predicted octanol–water partition coefficient (Wildman–Crippen LogP) is 3.34. The molecule has 1 atom stereocenters. The molecule has 0 aliphatic heterocycles. The summed E-state index contributed by atoms with van der Waals surface area (Å²) in [6.45, 7) is 9.30. The Balaban J connectivity index is 2.76. The first-order valence-electron chi connectivity index (χ1n) is 8.50. The van der Waals surface area contributed by atoms with Crippen LogP contribution in [-0.4, -0.2) is 43.4 Å². The fraction of sp³-hybridized carbons (Fsp3) is 0.667. The first-order valence-corrected chi connectivity index (χ1v) is 8.50. The lowest BCUT2D eigenvalue weighted by Crippen LogP contribution is -2.43. The van der Waals surface area contributed by atoms with Gasteiger partial charge in [0.2, 0.25) is 5.88 Å². The van der Waals surface area contributed by atoms with Crippen LogP contribution >= 0.6 is 0 Å². The Kier molecular flexibility index (Phi) is 8.71. The summed E-state index contributed by atoms with van der Waals surface area (Å²) in [5.41, 5.74) is 0.668. The molecule has 0 unspecified atom stereocenters. The molecule has 1 rings (SSSR count). The maximum absolute atomic E-state index is 12.6. The molecule has 6 heteroatoms. The van der Waals surface area contributed by atoms with E-state index in [4.69, 9.17) is 14.2 Å². The zero-order valence-electron chi connectivity index (χ0n) is 15.5. The average Bonchev–Trinajstić information content (AvgIpc) is 2.55. The van der Waals surface area contributed by atoms with E-state index in [1.165, 1.54) is 0 Å². The number of methoxy groups -OCH3 is 1. The highest BCUT2D eigenvalue weighted by molar-refractivity contribution is 5.97. The van der Waals surface area contributed by atoms with Crippen LogP contribution in [0, 0.1) is 6.92 Å². The van der Waals surface area contributed by atoms with E-state index in [0.29, 0.717) is 37.8 Å². The van der Waals surface area contributed by atoms with Crippen LogP contribution in [0.5, 0.6) is 5.88 Å². The van der Waals surface area contributed by atoms with Gasteiger partial charge in [-0.25, -0.2) is 4.98 Å². The fourth-order valence-electron chi connectivity index (χ4n) is 2.32. The molecule has 136 valence electrons. The number of pyridine rings is 1. The molecule has 0 fully saturated rings. The smallest absolute Gasteiger partial charge is 0.256 e. The van der Waals surface area contributed by atoms with Gasteiger partial charge in [-0.15, -0.1) is 0 Å².